The number of carbonyl (C=O) groups is 1. The second-order valence-electron chi connectivity index (χ2n) is 4.42. The predicted octanol–water partition coefficient (Wildman–Crippen LogP) is 4.63. The van der Waals surface area contributed by atoms with E-state index in [-0.39, 0.29) is 18.6 Å². The Morgan fingerprint density at radius 3 is 2.26 bits per heavy atom. The summed E-state index contributed by atoms with van der Waals surface area (Å²) < 4.78 is 59.4. The number of hydrogen-bond acceptors (Lipinski definition) is 3. The lowest BCUT2D eigenvalue weighted by Crippen LogP contribution is -2.06. The van der Waals surface area contributed by atoms with Crippen LogP contribution in [0.4, 0.5) is 23.2 Å². The predicted molar refractivity (Wildman–Crippen MR) is 73.8 cm³/mol. The zero-order valence-corrected chi connectivity index (χ0v) is 12.4. The molecule has 0 unspecified atom stereocenters. The van der Waals surface area contributed by atoms with Crippen LogP contribution in [-0.2, 0) is 16.0 Å². The van der Waals surface area contributed by atoms with Gasteiger partial charge in [0.05, 0.1) is 6.61 Å². The van der Waals surface area contributed by atoms with Crippen LogP contribution in [-0.4, -0.2) is 12.6 Å². The fraction of sp³-hybridized carbons (Fsp3) is 0.357. The summed E-state index contributed by atoms with van der Waals surface area (Å²) in [5, 5.41) is 2.60. The van der Waals surface area contributed by atoms with Crippen LogP contribution in [0.25, 0.3) is 10.4 Å². The van der Waals surface area contributed by atoms with E-state index in [2.05, 4.69) is 10.0 Å². The normalized spacial score (nSPS) is 11.1. The number of esters is 1. The number of halogens is 4. The number of benzene rings is 1. The Kier molecular flexibility index (Phi) is 6.59. The summed E-state index contributed by atoms with van der Waals surface area (Å²) in [5.74, 6) is -7.38. The van der Waals surface area contributed by atoms with Crippen molar-refractivity contribution < 1.29 is 27.1 Å². The summed E-state index contributed by atoms with van der Waals surface area (Å²) in [6.07, 6.45) is 0.908. The third-order valence-corrected chi connectivity index (χ3v) is 2.92. The first-order valence-electron chi connectivity index (χ1n) is 6.58. The fourth-order valence-electron chi connectivity index (χ4n) is 1.78. The highest BCUT2D eigenvalue weighted by molar-refractivity contribution is 5.87. The van der Waals surface area contributed by atoms with Crippen molar-refractivity contribution in [2.24, 2.45) is 5.11 Å². The van der Waals surface area contributed by atoms with Gasteiger partial charge >= 0.3 is 5.97 Å². The van der Waals surface area contributed by atoms with E-state index >= 15 is 0 Å². The maximum Gasteiger partial charge on any atom is 0.333 e. The molecule has 1 rings (SSSR count). The average Bonchev–Trinajstić information content (AvgIpc) is 2.53. The van der Waals surface area contributed by atoms with Crippen LogP contribution in [0.15, 0.2) is 16.8 Å². The Hall–Kier alpha value is -2.54. The standard InChI is InChI=1S/C14H13F4N3O2/c1-3-23-14(22)7(2)5-4-6-8-9(15)11(17)13(20-21-19)12(18)10(8)16/h5H,3-4,6H2,1-2H3. The monoisotopic (exact) mass is 331 g/mol. The van der Waals surface area contributed by atoms with Crippen molar-refractivity contribution in [3.05, 3.63) is 50.9 Å². The molecule has 0 radical (unpaired) electrons. The number of ether oxygens (including phenoxy) is 1. The van der Waals surface area contributed by atoms with Gasteiger partial charge in [-0.3, -0.25) is 0 Å². The van der Waals surface area contributed by atoms with Crippen LogP contribution >= 0.6 is 0 Å². The number of hydrogen-bond donors (Lipinski definition) is 0. The van der Waals surface area contributed by atoms with E-state index in [1.165, 1.54) is 13.0 Å². The van der Waals surface area contributed by atoms with Crippen LogP contribution < -0.4 is 0 Å². The molecule has 124 valence electrons. The average molecular weight is 331 g/mol. The van der Waals surface area contributed by atoms with Gasteiger partial charge in [0.25, 0.3) is 0 Å². The molecule has 0 aliphatic rings. The van der Waals surface area contributed by atoms with Crippen LogP contribution in [0.5, 0.6) is 0 Å². The quantitative estimate of drug-likeness (QED) is 0.145. The molecule has 1 aromatic carbocycles. The molecular weight excluding hydrogens is 318 g/mol. The molecule has 0 saturated carbocycles. The Labute approximate surface area is 129 Å². The minimum atomic E-state index is -1.76. The Morgan fingerprint density at radius 1 is 1.22 bits per heavy atom. The van der Waals surface area contributed by atoms with Crippen LogP contribution in [0.2, 0.25) is 0 Å². The highest BCUT2D eigenvalue weighted by atomic mass is 19.2. The van der Waals surface area contributed by atoms with Gasteiger partial charge in [-0.05, 0) is 32.2 Å². The lowest BCUT2D eigenvalue weighted by molar-refractivity contribution is -0.138. The number of allylic oxidation sites excluding steroid dienone is 1. The molecule has 0 atom stereocenters. The molecule has 0 spiro atoms. The molecular formula is C14H13F4N3O2. The molecule has 0 fully saturated rings. The van der Waals surface area contributed by atoms with E-state index < -0.39 is 46.9 Å². The topological polar surface area (TPSA) is 75.1 Å². The summed E-state index contributed by atoms with van der Waals surface area (Å²) in [7, 11) is 0. The Morgan fingerprint density at radius 2 is 1.78 bits per heavy atom. The van der Waals surface area contributed by atoms with E-state index in [1.807, 2.05) is 0 Å². The molecule has 0 amide bonds. The molecule has 0 saturated heterocycles. The lowest BCUT2D eigenvalue weighted by atomic mass is 10.1. The van der Waals surface area contributed by atoms with Crippen molar-refractivity contribution in [3.8, 4) is 0 Å². The smallest absolute Gasteiger partial charge is 0.333 e. The number of carbonyl (C=O) groups excluding carboxylic acids is 1. The molecule has 23 heavy (non-hydrogen) atoms. The molecule has 0 aromatic heterocycles. The summed E-state index contributed by atoms with van der Waals surface area (Å²) in [5.41, 5.74) is 6.17. The highest BCUT2D eigenvalue weighted by Crippen LogP contribution is 2.31. The van der Waals surface area contributed by atoms with Gasteiger partial charge < -0.3 is 4.74 Å². The van der Waals surface area contributed by atoms with Gasteiger partial charge in [0.2, 0.25) is 0 Å². The molecule has 0 bridgehead atoms. The second kappa shape index (κ2) is 8.19. The summed E-state index contributed by atoms with van der Waals surface area (Å²) in [4.78, 5) is 13.5. The minimum absolute atomic E-state index is 0.0434. The van der Waals surface area contributed by atoms with Gasteiger partial charge in [0.15, 0.2) is 23.3 Å². The third kappa shape index (κ3) is 4.23. The fourth-order valence-corrected chi connectivity index (χ4v) is 1.78. The summed E-state index contributed by atoms with van der Waals surface area (Å²) >= 11 is 0. The lowest BCUT2D eigenvalue weighted by Gasteiger charge is -2.08. The highest BCUT2D eigenvalue weighted by Gasteiger charge is 2.24. The molecule has 0 N–H and O–H groups in total. The van der Waals surface area contributed by atoms with Gasteiger partial charge in [-0.25, -0.2) is 22.4 Å². The van der Waals surface area contributed by atoms with Crippen molar-refractivity contribution >= 4 is 11.7 Å². The SMILES string of the molecule is CCOC(=O)C(C)=CCCc1c(F)c(F)c(N=[N+]=[N-])c(F)c1F. The zero-order valence-electron chi connectivity index (χ0n) is 12.4. The number of nitrogens with zero attached hydrogens (tertiary/aromatic N) is 3. The maximum atomic E-state index is 13.8. The van der Waals surface area contributed by atoms with Crippen molar-refractivity contribution in [1.29, 1.82) is 0 Å². The summed E-state index contributed by atoms with van der Waals surface area (Å²) in [6, 6.07) is 0. The third-order valence-electron chi connectivity index (χ3n) is 2.92. The van der Waals surface area contributed by atoms with E-state index in [1.54, 1.807) is 6.92 Å². The van der Waals surface area contributed by atoms with Crippen LogP contribution in [0.1, 0.15) is 25.8 Å². The second-order valence-corrected chi connectivity index (χ2v) is 4.42. The maximum absolute atomic E-state index is 13.8. The van der Waals surface area contributed by atoms with Gasteiger partial charge in [-0.15, -0.1) is 0 Å². The number of rotatable bonds is 6. The first-order valence-corrected chi connectivity index (χ1v) is 6.58. The van der Waals surface area contributed by atoms with Gasteiger partial charge in [0, 0.05) is 16.0 Å². The van der Waals surface area contributed by atoms with Gasteiger partial charge in [-0.2, -0.15) is 0 Å². The van der Waals surface area contributed by atoms with Crippen LogP contribution in [0, 0.1) is 23.3 Å². The van der Waals surface area contributed by atoms with Crippen LogP contribution in [0.3, 0.4) is 0 Å². The van der Waals surface area contributed by atoms with E-state index in [4.69, 9.17) is 10.3 Å². The molecule has 9 heteroatoms. The van der Waals surface area contributed by atoms with E-state index in [0.717, 1.165) is 0 Å². The van der Waals surface area contributed by atoms with Crippen molar-refractivity contribution in [3.63, 3.8) is 0 Å². The number of azide groups is 1. The molecule has 0 aliphatic heterocycles. The zero-order chi connectivity index (χ0) is 17.6. The summed E-state index contributed by atoms with van der Waals surface area (Å²) in [6.45, 7) is 3.23. The van der Waals surface area contributed by atoms with Crippen molar-refractivity contribution in [2.75, 3.05) is 6.61 Å². The Balaban J connectivity index is 3.05. The van der Waals surface area contributed by atoms with E-state index in [9.17, 15) is 22.4 Å². The molecule has 0 aliphatic carbocycles. The van der Waals surface area contributed by atoms with Gasteiger partial charge in [-0.1, -0.05) is 11.2 Å². The molecule has 5 nitrogen and oxygen atoms in total. The first-order chi connectivity index (χ1) is 10.8. The largest absolute Gasteiger partial charge is 0.463 e. The molecule has 1 aromatic rings. The molecule has 0 heterocycles. The first kappa shape index (κ1) is 18.5. The Bertz CT molecular complexity index is 669. The van der Waals surface area contributed by atoms with Gasteiger partial charge in [0.1, 0.15) is 5.69 Å². The van der Waals surface area contributed by atoms with Crippen molar-refractivity contribution in [2.45, 2.75) is 26.7 Å². The van der Waals surface area contributed by atoms with Crippen molar-refractivity contribution in [1.82, 2.24) is 0 Å². The minimum Gasteiger partial charge on any atom is -0.463 e. The van der Waals surface area contributed by atoms with E-state index in [0.29, 0.717) is 0 Å².